The molecular formula is C23H21Cl2N4O3+. The van der Waals surface area contributed by atoms with Gasteiger partial charge in [0.2, 0.25) is 0 Å². The molecule has 0 saturated carbocycles. The number of nitrogens with zero attached hydrogens (tertiary/aromatic N) is 3. The lowest BCUT2D eigenvalue weighted by Gasteiger charge is -2.30. The van der Waals surface area contributed by atoms with E-state index in [4.69, 9.17) is 28.9 Å². The maximum absolute atomic E-state index is 13.5. The third kappa shape index (κ3) is 4.71. The van der Waals surface area contributed by atoms with Crippen molar-refractivity contribution in [3.05, 3.63) is 88.2 Å². The number of hydrogen-bond donors (Lipinski definition) is 1. The summed E-state index contributed by atoms with van der Waals surface area (Å²) < 4.78 is -0.285. The van der Waals surface area contributed by atoms with Crippen LogP contribution in [-0.2, 0) is 4.79 Å². The van der Waals surface area contributed by atoms with Crippen LogP contribution in [-0.4, -0.2) is 43.3 Å². The largest absolute Gasteiger partial charge is 0.332 e. The molecule has 1 aromatic heterocycles. The molecule has 2 aromatic carbocycles. The average Bonchev–Trinajstić information content (AvgIpc) is 2.79. The molecule has 0 unspecified atom stereocenters. The van der Waals surface area contributed by atoms with Crippen LogP contribution in [0.3, 0.4) is 0 Å². The minimum Gasteiger partial charge on any atom is -0.319 e. The van der Waals surface area contributed by atoms with Crippen molar-refractivity contribution in [1.29, 1.82) is 0 Å². The van der Waals surface area contributed by atoms with Gasteiger partial charge in [-0.25, -0.2) is 14.2 Å². The topological polar surface area (TPSA) is 93.4 Å². The minimum atomic E-state index is -0.601. The Morgan fingerprint density at radius 1 is 0.875 bits per heavy atom. The summed E-state index contributed by atoms with van der Waals surface area (Å²) in [4.78, 5) is 44.8. The van der Waals surface area contributed by atoms with Crippen molar-refractivity contribution in [3.8, 4) is 0 Å². The first-order valence-corrected chi connectivity index (χ1v) is 10.3. The van der Waals surface area contributed by atoms with E-state index < -0.39 is 11.8 Å². The van der Waals surface area contributed by atoms with Gasteiger partial charge in [0.25, 0.3) is 11.8 Å². The number of amides is 3. The van der Waals surface area contributed by atoms with Crippen LogP contribution in [0.5, 0.6) is 0 Å². The standard InChI is InChI=1S/C23H21Cl2N4O3/c1-29(2,21(30)13-26)20-11-12-27-14-19(20)28(22(31)15-3-7-17(24)8-4-15)23(32)16-5-9-18(25)10-6-16/h3-12,14H,13,26H2,1-2H3/q+1. The molecule has 0 bridgehead atoms. The van der Waals surface area contributed by atoms with E-state index in [2.05, 4.69) is 4.98 Å². The van der Waals surface area contributed by atoms with Gasteiger partial charge in [0.1, 0.15) is 12.2 Å². The predicted molar refractivity (Wildman–Crippen MR) is 126 cm³/mol. The summed E-state index contributed by atoms with van der Waals surface area (Å²) in [5.41, 5.74) is 6.63. The zero-order chi connectivity index (χ0) is 23.5. The molecule has 0 aliphatic carbocycles. The monoisotopic (exact) mass is 471 g/mol. The van der Waals surface area contributed by atoms with Crippen LogP contribution in [0.1, 0.15) is 20.7 Å². The highest BCUT2D eigenvalue weighted by atomic mass is 35.5. The lowest BCUT2D eigenvalue weighted by molar-refractivity contribution is -0.126. The molecule has 0 spiro atoms. The van der Waals surface area contributed by atoms with Crippen molar-refractivity contribution < 1.29 is 14.4 Å². The molecule has 3 rings (SSSR count). The van der Waals surface area contributed by atoms with Gasteiger partial charge in [-0.05, 0) is 48.5 Å². The highest BCUT2D eigenvalue weighted by Gasteiger charge is 2.36. The van der Waals surface area contributed by atoms with Gasteiger partial charge in [-0.15, -0.1) is 0 Å². The van der Waals surface area contributed by atoms with Gasteiger partial charge in [0.15, 0.2) is 5.69 Å². The first-order chi connectivity index (χ1) is 15.2. The number of aromatic nitrogens is 1. The maximum Gasteiger partial charge on any atom is 0.332 e. The number of likely N-dealkylation sites (N-methyl/N-ethyl adjacent to an activating group) is 1. The van der Waals surface area contributed by atoms with E-state index >= 15 is 0 Å². The highest BCUT2D eigenvalue weighted by molar-refractivity contribution is 6.32. The second-order valence-electron chi connectivity index (χ2n) is 7.38. The molecule has 0 aliphatic rings. The molecule has 9 heteroatoms. The molecule has 0 atom stereocenters. The Hall–Kier alpha value is -3.10. The Morgan fingerprint density at radius 2 is 1.34 bits per heavy atom. The van der Waals surface area contributed by atoms with E-state index in [1.54, 1.807) is 44.4 Å². The summed E-state index contributed by atoms with van der Waals surface area (Å²) in [7, 11) is 3.26. The Morgan fingerprint density at radius 3 is 1.78 bits per heavy atom. The molecule has 2 N–H and O–H groups in total. The van der Waals surface area contributed by atoms with Gasteiger partial charge in [-0.1, -0.05) is 23.2 Å². The Bertz CT molecular complexity index is 1110. The predicted octanol–water partition coefficient (Wildman–Crippen LogP) is 3.93. The summed E-state index contributed by atoms with van der Waals surface area (Å²) in [6, 6.07) is 13.9. The quantitative estimate of drug-likeness (QED) is 0.449. The van der Waals surface area contributed by atoms with Crippen molar-refractivity contribution in [2.24, 2.45) is 5.73 Å². The van der Waals surface area contributed by atoms with Crippen LogP contribution in [0.2, 0.25) is 10.0 Å². The zero-order valence-corrected chi connectivity index (χ0v) is 19.0. The van der Waals surface area contributed by atoms with E-state index in [1.807, 2.05) is 0 Å². The van der Waals surface area contributed by atoms with E-state index in [-0.39, 0.29) is 33.7 Å². The second kappa shape index (κ2) is 9.58. The minimum absolute atomic E-state index is 0.166. The number of benzene rings is 2. The van der Waals surface area contributed by atoms with Crippen molar-refractivity contribution >= 4 is 52.3 Å². The molecular weight excluding hydrogens is 451 g/mol. The number of rotatable bonds is 5. The molecule has 32 heavy (non-hydrogen) atoms. The van der Waals surface area contributed by atoms with Crippen molar-refractivity contribution in [2.75, 3.05) is 25.5 Å². The lowest BCUT2D eigenvalue weighted by Crippen LogP contribution is -2.51. The van der Waals surface area contributed by atoms with Gasteiger partial charge in [0, 0.05) is 33.4 Å². The summed E-state index contributed by atoms with van der Waals surface area (Å²) in [6.45, 7) is -0.217. The summed E-state index contributed by atoms with van der Waals surface area (Å²) in [5, 5.41) is 0.899. The Labute approximate surface area is 195 Å². The van der Waals surface area contributed by atoms with Crippen LogP contribution >= 0.6 is 23.2 Å². The van der Waals surface area contributed by atoms with Gasteiger partial charge in [-0.3, -0.25) is 14.6 Å². The summed E-state index contributed by atoms with van der Waals surface area (Å²) in [5.74, 6) is -1.51. The third-order valence-corrected chi connectivity index (χ3v) is 5.51. The van der Waals surface area contributed by atoms with Gasteiger partial charge >= 0.3 is 5.91 Å². The number of carbonyl (C=O) groups is 3. The van der Waals surface area contributed by atoms with Crippen LogP contribution in [0, 0.1) is 0 Å². The first kappa shape index (κ1) is 23.6. The van der Waals surface area contributed by atoms with Crippen molar-refractivity contribution in [1.82, 2.24) is 9.47 Å². The number of imide groups is 1. The molecule has 7 nitrogen and oxygen atoms in total. The number of nitrogens with two attached hydrogens (primary N) is 1. The van der Waals surface area contributed by atoms with Crippen LogP contribution in [0.4, 0.5) is 11.4 Å². The average molecular weight is 472 g/mol. The molecule has 1 heterocycles. The smallest absolute Gasteiger partial charge is 0.319 e. The Kier molecular flexibility index (Phi) is 7.06. The number of pyridine rings is 1. The van der Waals surface area contributed by atoms with Crippen LogP contribution in [0.25, 0.3) is 0 Å². The molecule has 0 saturated heterocycles. The number of carbonyl (C=O) groups excluding carboxylic acids is 3. The molecule has 164 valence electrons. The summed E-state index contributed by atoms with van der Waals surface area (Å²) >= 11 is 11.9. The normalized spacial score (nSPS) is 11.2. The molecule has 0 fully saturated rings. The molecule has 0 radical (unpaired) electrons. The number of halogens is 2. The van der Waals surface area contributed by atoms with E-state index in [0.717, 1.165) is 4.90 Å². The molecule has 3 aromatic rings. The van der Waals surface area contributed by atoms with Crippen molar-refractivity contribution in [2.45, 2.75) is 0 Å². The lowest BCUT2D eigenvalue weighted by atomic mass is 10.1. The zero-order valence-electron chi connectivity index (χ0n) is 17.5. The third-order valence-electron chi connectivity index (χ3n) is 5.01. The highest BCUT2D eigenvalue weighted by Crippen LogP contribution is 2.34. The number of hydrogen-bond acceptors (Lipinski definition) is 5. The SMILES string of the molecule is C[N+](C)(C(=O)CN)c1ccncc1N(C(=O)c1ccc(Cl)cc1)C(=O)c1ccc(Cl)cc1. The van der Waals surface area contributed by atoms with Crippen LogP contribution < -0.4 is 15.1 Å². The van der Waals surface area contributed by atoms with Gasteiger partial charge < -0.3 is 5.73 Å². The number of quaternary nitrogens is 1. The first-order valence-electron chi connectivity index (χ1n) is 9.58. The Balaban J connectivity index is 2.21. The summed E-state index contributed by atoms with van der Waals surface area (Å²) in [6.07, 6.45) is 2.86. The number of anilines is 1. The van der Waals surface area contributed by atoms with Crippen molar-refractivity contribution in [3.63, 3.8) is 0 Å². The van der Waals surface area contributed by atoms with Gasteiger partial charge in [-0.2, -0.15) is 0 Å². The van der Waals surface area contributed by atoms with E-state index in [1.165, 1.54) is 36.7 Å². The maximum atomic E-state index is 13.5. The van der Waals surface area contributed by atoms with E-state index in [9.17, 15) is 14.4 Å². The molecule has 0 aliphatic heterocycles. The van der Waals surface area contributed by atoms with Crippen LogP contribution in [0.15, 0.2) is 67.0 Å². The molecule has 3 amide bonds. The fourth-order valence-electron chi connectivity index (χ4n) is 3.14. The van der Waals surface area contributed by atoms with Gasteiger partial charge in [0.05, 0.1) is 20.3 Å². The second-order valence-corrected chi connectivity index (χ2v) is 8.25. The van der Waals surface area contributed by atoms with E-state index in [0.29, 0.717) is 15.7 Å². The fraction of sp³-hybridized carbons (Fsp3) is 0.130. The fourth-order valence-corrected chi connectivity index (χ4v) is 3.39.